The van der Waals surface area contributed by atoms with E-state index < -0.39 is 0 Å². The Labute approximate surface area is 148 Å². The van der Waals surface area contributed by atoms with Gasteiger partial charge in [0.25, 0.3) is 0 Å². The zero-order valence-electron chi connectivity index (χ0n) is 14.9. The molecule has 0 unspecified atom stereocenters. The monoisotopic (exact) mass is 350 g/mol. The molecular formula is C18H28N3O4+. The van der Waals surface area contributed by atoms with Crippen molar-refractivity contribution in [2.45, 2.75) is 6.61 Å². The summed E-state index contributed by atoms with van der Waals surface area (Å²) in [6.45, 7) is 7.32. The first-order valence-corrected chi connectivity index (χ1v) is 8.88. The molecule has 0 aromatic heterocycles. The van der Waals surface area contributed by atoms with Gasteiger partial charge in [-0.3, -0.25) is 4.90 Å². The number of hydrogen-bond acceptors (Lipinski definition) is 6. The molecule has 7 heteroatoms. The van der Waals surface area contributed by atoms with E-state index in [2.05, 4.69) is 21.9 Å². The highest BCUT2D eigenvalue weighted by Crippen LogP contribution is 2.24. The molecule has 1 amide bonds. The zero-order valence-corrected chi connectivity index (χ0v) is 14.9. The van der Waals surface area contributed by atoms with Gasteiger partial charge in [0.1, 0.15) is 12.2 Å². The van der Waals surface area contributed by atoms with Crippen LogP contribution in [0.25, 0.3) is 0 Å². The molecule has 2 aliphatic heterocycles. The Hall–Kier alpha value is -1.51. The summed E-state index contributed by atoms with van der Waals surface area (Å²) in [7, 11) is 1.70. The second-order valence-electron chi connectivity index (χ2n) is 6.42. The molecule has 2 N–H and O–H groups in total. The van der Waals surface area contributed by atoms with E-state index in [1.807, 2.05) is 6.07 Å². The van der Waals surface area contributed by atoms with Gasteiger partial charge in [-0.05, 0) is 6.07 Å². The first kappa shape index (κ1) is 18.3. The van der Waals surface area contributed by atoms with Crippen LogP contribution in [0.4, 0.5) is 11.4 Å². The summed E-state index contributed by atoms with van der Waals surface area (Å²) in [5.41, 5.74) is 3.21. The molecule has 0 aliphatic carbocycles. The Balaban J connectivity index is 1.64. The van der Waals surface area contributed by atoms with Gasteiger partial charge in [-0.2, -0.15) is 0 Å². The van der Waals surface area contributed by atoms with Crippen molar-refractivity contribution in [1.82, 2.24) is 4.90 Å². The fourth-order valence-electron chi connectivity index (χ4n) is 3.29. The van der Waals surface area contributed by atoms with Gasteiger partial charge in [0.05, 0.1) is 33.0 Å². The number of nitrogens with two attached hydrogens (primary N) is 1. The normalized spacial score (nSPS) is 19.2. The van der Waals surface area contributed by atoms with Crippen LogP contribution < -0.4 is 10.2 Å². The van der Waals surface area contributed by atoms with E-state index in [1.165, 1.54) is 5.69 Å². The highest BCUT2D eigenvalue weighted by Gasteiger charge is 2.19. The van der Waals surface area contributed by atoms with Gasteiger partial charge >= 0.3 is 5.91 Å². The molecule has 138 valence electrons. The Kier molecular flexibility index (Phi) is 6.77. The summed E-state index contributed by atoms with van der Waals surface area (Å²) in [6, 6.07) is 6.17. The first-order valence-electron chi connectivity index (χ1n) is 8.88. The number of rotatable bonds is 6. The number of amides is 1. The molecule has 0 spiro atoms. The third-order valence-corrected chi connectivity index (χ3v) is 4.57. The number of methoxy groups -OCH3 is 1. The van der Waals surface area contributed by atoms with Crippen molar-refractivity contribution < 1.29 is 24.3 Å². The van der Waals surface area contributed by atoms with Crippen LogP contribution in [-0.4, -0.2) is 77.1 Å². The number of hydrogen-bond donors (Lipinski definition) is 1. The third-order valence-electron chi connectivity index (χ3n) is 4.57. The third kappa shape index (κ3) is 5.23. The van der Waals surface area contributed by atoms with E-state index in [9.17, 15) is 4.79 Å². The molecule has 1 aromatic carbocycles. The van der Waals surface area contributed by atoms with E-state index in [0.717, 1.165) is 50.6 Å². The van der Waals surface area contributed by atoms with Crippen LogP contribution in [-0.2, 0) is 25.6 Å². The Morgan fingerprint density at radius 2 is 1.80 bits per heavy atom. The van der Waals surface area contributed by atoms with Crippen LogP contribution in [0, 0.1) is 0 Å². The predicted molar refractivity (Wildman–Crippen MR) is 94.0 cm³/mol. The van der Waals surface area contributed by atoms with Crippen molar-refractivity contribution >= 4 is 17.3 Å². The molecule has 3 rings (SSSR count). The summed E-state index contributed by atoms with van der Waals surface area (Å²) in [6.07, 6.45) is 0. The van der Waals surface area contributed by atoms with Crippen molar-refractivity contribution in [2.24, 2.45) is 0 Å². The molecule has 0 radical (unpaired) electrons. The molecule has 2 saturated heterocycles. The number of nitrogens with zero attached hydrogens (tertiary/aromatic N) is 2. The topological polar surface area (TPSA) is 67.8 Å². The summed E-state index contributed by atoms with van der Waals surface area (Å²) < 4.78 is 16.1. The number of carbonyl (C=O) groups is 1. The maximum Gasteiger partial charge on any atom is 0.329 e. The average molecular weight is 350 g/mol. The van der Waals surface area contributed by atoms with Gasteiger partial charge in [0.15, 0.2) is 0 Å². The molecule has 2 fully saturated rings. The van der Waals surface area contributed by atoms with Crippen LogP contribution in [0.1, 0.15) is 5.56 Å². The van der Waals surface area contributed by atoms with Crippen LogP contribution in [0.5, 0.6) is 0 Å². The Morgan fingerprint density at radius 3 is 2.48 bits per heavy atom. The maximum atomic E-state index is 12.3. The van der Waals surface area contributed by atoms with E-state index in [-0.39, 0.29) is 5.91 Å². The predicted octanol–water partition coefficient (Wildman–Crippen LogP) is -0.277. The molecule has 1 aromatic rings. The fourth-order valence-corrected chi connectivity index (χ4v) is 3.29. The van der Waals surface area contributed by atoms with Gasteiger partial charge in [-0.25, -0.2) is 10.1 Å². The number of carbonyl (C=O) groups excluding carboxylic acids is 1. The number of anilines is 1. The lowest BCUT2D eigenvalue weighted by Gasteiger charge is -2.30. The van der Waals surface area contributed by atoms with Gasteiger partial charge < -0.3 is 19.1 Å². The van der Waals surface area contributed by atoms with Crippen LogP contribution in [0.15, 0.2) is 18.2 Å². The molecule has 0 saturated carbocycles. The SMILES string of the molecule is COCc1cc([NH2+]C(=O)CN2CCOCC2)ccc1N1CCOCC1. The molecule has 0 bridgehead atoms. The van der Waals surface area contributed by atoms with Gasteiger partial charge in [-0.15, -0.1) is 0 Å². The molecule has 2 aliphatic rings. The van der Waals surface area contributed by atoms with E-state index in [4.69, 9.17) is 14.2 Å². The smallest absolute Gasteiger partial charge is 0.329 e. The van der Waals surface area contributed by atoms with Gasteiger partial charge in [0.2, 0.25) is 0 Å². The van der Waals surface area contributed by atoms with Crippen LogP contribution in [0.3, 0.4) is 0 Å². The molecular weight excluding hydrogens is 322 g/mol. The summed E-state index contributed by atoms with van der Waals surface area (Å²) in [4.78, 5) is 16.8. The van der Waals surface area contributed by atoms with Gasteiger partial charge in [0, 0.05) is 56.7 Å². The lowest BCUT2D eigenvalue weighted by atomic mass is 10.1. The van der Waals surface area contributed by atoms with Crippen molar-refractivity contribution in [3.8, 4) is 0 Å². The summed E-state index contributed by atoms with van der Waals surface area (Å²) in [5.74, 6) is 0.129. The van der Waals surface area contributed by atoms with Crippen LogP contribution in [0.2, 0.25) is 0 Å². The first-order chi connectivity index (χ1) is 12.3. The van der Waals surface area contributed by atoms with Crippen molar-refractivity contribution in [2.75, 3.05) is 71.2 Å². The van der Waals surface area contributed by atoms with E-state index in [1.54, 1.807) is 12.4 Å². The molecule has 0 atom stereocenters. The quantitative estimate of drug-likeness (QED) is 0.712. The number of benzene rings is 1. The molecule has 2 heterocycles. The maximum absolute atomic E-state index is 12.3. The zero-order chi connectivity index (χ0) is 17.5. The summed E-state index contributed by atoms with van der Waals surface area (Å²) >= 11 is 0. The lowest BCUT2D eigenvalue weighted by molar-refractivity contribution is -0.483. The minimum Gasteiger partial charge on any atom is -0.380 e. The highest BCUT2D eigenvalue weighted by atomic mass is 16.5. The second-order valence-corrected chi connectivity index (χ2v) is 6.42. The van der Waals surface area contributed by atoms with E-state index >= 15 is 0 Å². The van der Waals surface area contributed by atoms with E-state index in [0.29, 0.717) is 26.4 Å². The van der Waals surface area contributed by atoms with Gasteiger partial charge in [-0.1, -0.05) is 0 Å². The van der Waals surface area contributed by atoms with Crippen molar-refractivity contribution in [3.05, 3.63) is 23.8 Å². The standard InChI is InChI=1S/C18H27N3O4/c1-23-14-15-12-16(2-3-17(15)21-6-10-25-11-7-21)19-18(22)13-20-4-8-24-9-5-20/h2-3,12H,4-11,13-14H2,1H3,(H,19,22)/p+1. The van der Waals surface area contributed by atoms with Crippen LogP contribution >= 0.6 is 0 Å². The number of ether oxygens (including phenoxy) is 3. The largest absolute Gasteiger partial charge is 0.380 e. The highest BCUT2D eigenvalue weighted by molar-refractivity contribution is 5.71. The summed E-state index contributed by atoms with van der Waals surface area (Å²) in [5, 5.41) is 1.73. The number of primary amides is 1. The second kappa shape index (κ2) is 9.26. The Bertz CT molecular complexity index is 569. The fraction of sp³-hybridized carbons (Fsp3) is 0.611. The Morgan fingerprint density at radius 1 is 1.12 bits per heavy atom. The minimum absolute atomic E-state index is 0.129. The van der Waals surface area contributed by atoms with Crippen molar-refractivity contribution in [3.63, 3.8) is 0 Å². The molecule has 25 heavy (non-hydrogen) atoms. The number of quaternary nitrogens is 1. The number of morpholine rings is 2. The average Bonchev–Trinajstić information content (AvgIpc) is 2.64. The lowest BCUT2D eigenvalue weighted by Crippen LogP contribution is -2.84. The molecule has 7 nitrogen and oxygen atoms in total. The van der Waals surface area contributed by atoms with Crippen molar-refractivity contribution in [1.29, 1.82) is 0 Å². The minimum atomic E-state index is 0.129.